The molecule has 1 atom stereocenters. The number of likely N-dealkylation sites (tertiary alicyclic amines) is 1. The van der Waals surface area contributed by atoms with E-state index < -0.39 is 17.6 Å². The van der Waals surface area contributed by atoms with E-state index in [0.29, 0.717) is 35.2 Å². The molecule has 1 fully saturated rings. The minimum Gasteiger partial charge on any atom is -0.478 e. The Hall–Kier alpha value is -4.15. The van der Waals surface area contributed by atoms with E-state index in [-0.39, 0.29) is 11.5 Å². The van der Waals surface area contributed by atoms with E-state index in [1.165, 1.54) is 6.07 Å². The van der Waals surface area contributed by atoms with Crippen LogP contribution in [-0.4, -0.2) is 48.2 Å². The molecule has 2 aliphatic heterocycles. The molecule has 2 aliphatic rings. The number of aromatic nitrogens is 4. The van der Waals surface area contributed by atoms with Crippen molar-refractivity contribution < 1.29 is 23.8 Å². The highest BCUT2D eigenvalue weighted by Gasteiger charge is 2.43. The number of carboxylic acids is 1. The molecule has 44 heavy (non-hydrogen) atoms. The van der Waals surface area contributed by atoms with Crippen LogP contribution in [0.4, 0.5) is 4.39 Å². The Balaban J connectivity index is 1.18. The van der Waals surface area contributed by atoms with Gasteiger partial charge in [-0.3, -0.25) is 4.90 Å². The molecule has 0 saturated carbocycles. The number of carboxylic acid groups (broad SMARTS) is 1. The minimum absolute atomic E-state index is 0.248. The number of nitrogens with zero attached hydrogens (tertiary/aromatic N) is 5. The number of para-hydroxylation sites is 1. The topological polar surface area (TPSA) is 94.6 Å². The van der Waals surface area contributed by atoms with Gasteiger partial charge >= 0.3 is 5.97 Å². The number of benzene rings is 2. The van der Waals surface area contributed by atoms with E-state index in [1.54, 1.807) is 44.6 Å². The Morgan fingerprint density at radius 1 is 1.18 bits per heavy atom. The predicted molar refractivity (Wildman–Crippen MR) is 164 cm³/mol. The standard InChI is InChI=1S/C33H35ClFN5O4/c1-4-39-20-36-16-25(39)18-40-24(14-21(2)32(41)42)17-37-30(40)19-38-12-10-22(11-13-38)26-6-5-7-29-31(26)44-33(3,43-29)27-9-8-23(34)15-28(27)35/h5-9,14-17,20,22H,4,10-13,18-19H2,1-3H3,(H,41,42)/b21-14+/t33-/m0/s1. The maximum Gasteiger partial charge on any atom is 0.331 e. The number of ether oxygens (including phenoxy) is 2. The lowest BCUT2D eigenvalue weighted by Gasteiger charge is -2.32. The van der Waals surface area contributed by atoms with Crippen molar-refractivity contribution in [3.05, 3.63) is 99.9 Å². The van der Waals surface area contributed by atoms with Crippen molar-refractivity contribution in [3.8, 4) is 11.5 Å². The Morgan fingerprint density at radius 3 is 2.70 bits per heavy atom. The summed E-state index contributed by atoms with van der Waals surface area (Å²) in [5.41, 5.74) is 3.38. The predicted octanol–water partition coefficient (Wildman–Crippen LogP) is 6.45. The number of hydrogen-bond donors (Lipinski definition) is 1. The van der Waals surface area contributed by atoms with Gasteiger partial charge in [-0.05, 0) is 76.0 Å². The van der Waals surface area contributed by atoms with Crippen molar-refractivity contribution in [2.24, 2.45) is 0 Å². The van der Waals surface area contributed by atoms with Crippen LogP contribution < -0.4 is 9.47 Å². The van der Waals surface area contributed by atoms with Gasteiger partial charge in [-0.2, -0.15) is 0 Å². The first kappa shape index (κ1) is 29.9. The second kappa shape index (κ2) is 12.1. The summed E-state index contributed by atoms with van der Waals surface area (Å²) in [7, 11) is 0. The van der Waals surface area contributed by atoms with Crippen LogP contribution in [0.25, 0.3) is 6.08 Å². The van der Waals surface area contributed by atoms with Crippen molar-refractivity contribution >= 4 is 23.6 Å². The maximum atomic E-state index is 14.8. The third-order valence-electron chi connectivity index (χ3n) is 8.55. The quantitative estimate of drug-likeness (QED) is 0.215. The van der Waals surface area contributed by atoms with E-state index >= 15 is 0 Å². The van der Waals surface area contributed by atoms with E-state index in [4.69, 9.17) is 26.1 Å². The van der Waals surface area contributed by atoms with Crippen LogP contribution in [0.3, 0.4) is 0 Å². The minimum atomic E-state index is -1.29. The second-order valence-electron chi connectivity index (χ2n) is 11.5. The van der Waals surface area contributed by atoms with Gasteiger partial charge in [0.25, 0.3) is 5.79 Å². The first-order valence-corrected chi connectivity index (χ1v) is 15.2. The van der Waals surface area contributed by atoms with Crippen molar-refractivity contribution in [2.75, 3.05) is 13.1 Å². The van der Waals surface area contributed by atoms with Crippen molar-refractivity contribution in [2.45, 2.75) is 65.0 Å². The summed E-state index contributed by atoms with van der Waals surface area (Å²) in [5.74, 6) is -0.336. The number of aryl methyl sites for hydroxylation is 1. The van der Waals surface area contributed by atoms with Gasteiger partial charge in [-0.15, -0.1) is 0 Å². The van der Waals surface area contributed by atoms with Crippen LogP contribution in [0.15, 0.2) is 60.7 Å². The number of hydrogen-bond acceptors (Lipinski definition) is 6. The van der Waals surface area contributed by atoms with E-state index in [0.717, 1.165) is 55.3 Å². The van der Waals surface area contributed by atoms with Gasteiger partial charge < -0.3 is 23.7 Å². The number of rotatable bonds is 9. The van der Waals surface area contributed by atoms with Crippen LogP contribution in [0.5, 0.6) is 11.5 Å². The number of fused-ring (bicyclic) bond motifs is 1. The average molecular weight is 620 g/mol. The van der Waals surface area contributed by atoms with Crippen LogP contribution in [-0.2, 0) is 30.2 Å². The fourth-order valence-electron chi connectivity index (χ4n) is 6.10. The van der Waals surface area contributed by atoms with Gasteiger partial charge in [0.15, 0.2) is 11.5 Å². The fourth-order valence-corrected chi connectivity index (χ4v) is 6.26. The Labute approximate surface area is 260 Å². The summed E-state index contributed by atoms with van der Waals surface area (Å²) < 4.78 is 31.5. The average Bonchev–Trinajstić information content (AvgIpc) is 3.70. The number of carbonyl (C=O) groups is 1. The summed E-state index contributed by atoms with van der Waals surface area (Å²) in [6, 6.07) is 10.4. The molecule has 6 rings (SSSR count). The molecule has 0 bridgehead atoms. The van der Waals surface area contributed by atoms with Crippen LogP contribution in [0.2, 0.25) is 5.02 Å². The Kier molecular flexibility index (Phi) is 8.22. The monoisotopic (exact) mass is 619 g/mol. The molecule has 0 aliphatic carbocycles. The molecule has 0 unspecified atom stereocenters. The van der Waals surface area contributed by atoms with Gasteiger partial charge in [0.05, 0.1) is 42.6 Å². The van der Waals surface area contributed by atoms with E-state index in [1.807, 2.05) is 18.3 Å². The molecule has 4 aromatic rings. The maximum absolute atomic E-state index is 14.8. The molecule has 0 radical (unpaired) electrons. The summed E-state index contributed by atoms with van der Waals surface area (Å²) in [6.45, 7) is 9.03. The molecule has 4 heterocycles. The number of imidazole rings is 2. The normalized spacial score (nSPS) is 19.1. The van der Waals surface area contributed by atoms with Crippen molar-refractivity contribution in [1.29, 1.82) is 0 Å². The molecular formula is C33H35ClFN5O4. The van der Waals surface area contributed by atoms with Crippen LogP contribution in [0.1, 0.15) is 67.9 Å². The first-order valence-electron chi connectivity index (χ1n) is 14.8. The number of piperidine rings is 1. The Morgan fingerprint density at radius 2 is 1.98 bits per heavy atom. The third-order valence-corrected chi connectivity index (χ3v) is 8.79. The van der Waals surface area contributed by atoms with Gasteiger partial charge in [-0.1, -0.05) is 23.7 Å². The zero-order valence-electron chi connectivity index (χ0n) is 25.0. The van der Waals surface area contributed by atoms with Gasteiger partial charge in [0.1, 0.15) is 11.6 Å². The van der Waals surface area contributed by atoms with Crippen molar-refractivity contribution in [3.63, 3.8) is 0 Å². The fraction of sp³-hybridized carbons (Fsp3) is 0.364. The van der Waals surface area contributed by atoms with Crippen LogP contribution >= 0.6 is 11.6 Å². The lowest BCUT2D eigenvalue weighted by molar-refractivity contribution is -0.132. The lowest BCUT2D eigenvalue weighted by Crippen LogP contribution is -2.34. The summed E-state index contributed by atoms with van der Waals surface area (Å²) in [6.07, 6.45) is 8.86. The first-order chi connectivity index (χ1) is 21.1. The van der Waals surface area contributed by atoms with Gasteiger partial charge in [-0.25, -0.2) is 19.2 Å². The van der Waals surface area contributed by atoms with E-state index in [9.17, 15) is 14.3 Å². The second-order valence-corrected chi connectivity index (χ2v) is 11.9. The number of aliphatic carboxylic acids is 1. The van der Waals surface area contributed by atoms with Crippen LogP contribution in [0, 0.1) is 5.82 Å². The zero-order chi connectivity index (χ0) is 31.0. The molecule has 11 heteroatoms. The molecular weight excluding hydrogens is 585 g/mol. The molecule has 1 N–H and O–H groups in total. The zero-order valence-corrected chi connectivity index (χ0v) is 25.7. The SMILES string of the molecule is CCn1cncc1Cn1c(/C=C(\C)C(=O)O)cnc1CN1CCC(c2cccc3c2O[C@@](C)(c2ccc(Cl)cc2F)O3)CC1. The molecule has 2 aromatic heterocycles. The summed E-state index contributed by atoms with van der Waals surface area (Å²) in [5, 5.41) is 9.78. The largest absolute Gasteiger partial charge is 0.478 e. The number of halogens is 2. The van der Waals surface area contributed by atoms with Gasteiger partial charge in [0.2, 0.25) is 0 Å². The molecule has 0 amide bonds. The molecule has 1 saturated heterocycles. The Bertz CT molecular complexity index is 1720. The smallest absolute Gasteiger partial charge is 0.331 e. The summed E-state index contributed by atoms with van der Waals surface area (Å²) >= 11 is 5.97. The van der Waals surface area contributed by atoms with Gasteiger partial charge in [0, 0.05) is 35.8 Å². The highest BCUT2D eigenvalue weighted by molar-refractivity contribution is 6.30. The molecule has 230 valence electrons. The van der Waals surface area contributed by atoms with Crippen molar-refractivity contribution in [1.82, 2.24) is 24.0 Å². The highest BCUT2D eigenvalue weighted by atomic mass is 35.5. The molecule has 0 spiro atoms. The third kappa shape index (κ3) is 5.84. The molecule has 9 nitrogen and oxygen atoms in total. The molecule has 2 aromatic carbocycles. The van der Waals surface area contributed by atoms with E-state index in [2.05, 4.69) is 32.0 Å². The highest BCUT2D eigenvalue weighted by Crippen LogP contribution is 2.49. The lowest BCUT2D eigenvalue weighted by atomic mass is 9.88. The summed E-state index contributed by atoms with van der Waals surface area (Å²) in [4.78, 5) is 22.9.